The highest BCUT2D eigenvalue weighted by Crippen LogP contribution is 2.18. The van der Waals surface area contributed by atoms with Crippen molar-refractivity contribution in [1.29, 1.82) is 0 Å². The van der Waals surface area contributed by atoms with E-state index in [0.717, 1.165) is 0 Å². The normalized spacial score (nSPS) is 24.9. The van der Waals surface area contributed by atoms with E-state index in [2.05, 4.69) is 20.0 Å². The minimum absolute atomic E-state index is 0.108. The van der Waals surface area contributed by atoms with Crippen LogP contribution in [0, 0.1) is 0 Å². The summed E-state index contributed by atoms with van der Waals surface area (Å²) in [6.07, 6.45) is 2.06. The molecule has 1 unspecified atom stereocenters. The first-order valence-electron chi connectivity index (χ1n) is 5.91. The summed E-state index contributed by atoms with van der Waals surface area (Å²) in [5.74, 6) is 0.222. The Morgan fingerprint density at radius 3 is 2.94 bits per heavy atom. The van der Waals surface area contributed by atoms with Crippen LogP contribution in [0.5, 0.6) is 0 Å². The molecule has 0 aliphatic carbocycles. The first-order valence-corrected chi connectivity index (χ1v) is 5.91. The lowest BCUT2D eigenvalue weighted by atomic mass is 9.97. The fourth-order valence-corrected chi connectivity index (χ4v) is 1.93. The summed E-state index contributed by atoms with van der Waals surface area (Å²) >= 11 is 0. The number of aromatic nitrogens is 2. The molecule has 7 heteroatoms. The molecule has 0 aromatic carbocycles. The SMILES string of the molecule is CCC1(C)NC(=O)CCN(Cc2ncon2)C1=O. The maximum Gasteiger partial charge on any atom is 0.248 e. The van der Waals surface area contributed by atoms with E-state index in [-0.39, 0.29) is 18.4 Å². The van der Waals surface area contributed by atoms with Crippen molar-refractivity contribution in [3.05, 3.63) is 12.2 Å². The summed E-state index contributed by atoms with van der Waals surface area (Å²) in [4.78, 5) is 29.5. The van der Waals surface area contributed by atoms with E-state index < -0.39 is 5.54 Å². The summed E-state index contributed by atoms with van der Waals surface area (Å²) in [7, 11) is 0. The Bertz CT molecular complexity index is 445. The summed E-state index contributed by atoms with van der Waals surface area (Å²) in [6.45, 7) is 4.24. The van der Waals surface area contributed by atoms with E-state index in [1.54, 1.807) is 11.8 Å². The maximum atomic E-state index is 12.4. The van der Waals surface area contributed by atoms with Crippen molar-refractivity contribution < 1.29 is 14.1 Å². The number of rotatable bonds is 3. The minimum Gasteiger partial charge on any atom is -0.343 e. The molecule has 2 amide bonds. The standard InChI is InChI=1S/C11H16N4O3/c1-3-11(2)10(17)15(5-4-9(16)13-11)6-8-12-7-18-14-8/h7H,3-6H2,1-2H3,(H,13,16). The predicted octanol–water partition coefficient (Wildman–Crippen LogP) is 0.0868. The molecule has 18 heavy (non-hydrogen) atoms. The van der Waals surface area contributed by atoms with Crippen LogP contribution >= 0.6 is 0 Å². The van der Waals surface area contributed by atoms with Crippen LogP contribution in [0.15, 0.2) is 10.9 Å². The maximum absolute atomic E-state index is 12.4. The van der Waals surface area contributed by atoms with Crippen LogP contribution < -0.4 is 5.32 Å². The van der Waals surface area contributed by atoms with Crippen molar-refractivity contribution in [2.75, 3.05) is 6.54 Å². The van der Waals surface area contributed by atoms with Crippen molar-refractivity contribution in [1.82, 2.24) is 20.4 Å². The zero-order chi connectivity index (χ0) is 13.2. The molecule has 2 rings (SSSR count). The molecule has 0 spiro atoms. The van der Waals surface area contributed by atoms with Crippen LogP contribution in [0.2, 0.25) is 0 Å². The van der Waals surface area contributed by atoms with Gasteiger partial charge in [-0.1, -0.05) is 12.1 Å². The lowest BCUT2D eigenvalue weighted by molar-refractivity contribution is -0.138. The third kappa shape index (κ3) is 2.34. The van der Waals surface area contributed by atoms with E-state index in [9.17, 15) is 9.59 Å². The number of hydrogen-bond donors (Lipinski definition) is 1. The van der Waals surface area contributed by atoms with E-state index >= 15 is 0 Å². The Morgan fingerprint density at radius 1 is 1.56 bits per heavy atom. The second-order valence-corrected chi connectivity index (χ2v) is 4.56. The van der Waals surface area contributed by atoms with Gasteiger partial charge in [-0.25, -0.2) is 0 Å². The number of hydrogen-bond acceptors (Lipinski definition) is 5. The van der Waals surface area contributed by atoms with Gasteiger partial charge in [0, 0.05) is 13.0 Å². The highest BCUT2D eigenvalue weighted by atomic mass is 16.5. The van der Waals surface area contributed by atoms with Gasteiger partial charge >= 0.3 is 0 Å². The zero-order valence-corrected chi connectivity index (χ0v) is 10.5. The topological polar surface area (TPSA) is 88.3 Å². The number of nitrogens with zero attached hydrogens (tertiary/aromatic N) is 3. The fourth-order valence-electron chi connectivity index (χ4n) is 1.93. The summed E-state index contributed by atoms with van der Waals surface area (Å²) < 4.78 is 4.64. The van der Waals surface area contributed by atoms with E-state index in [1.165, 1.54) is 6.39 Å². The largest absolute Gasteiger partial charge is 0.343 e. The Balaban J connectivity index is 2.19. The molecule has 1 saturated heterocycles. The van der Waals surface area contributed by atoms with Gasteiger partial charge < -0.3 is 14.7 Å². The number of carbonyl (C=O) groups is 2. The van der Waals surface area contributed by atoms with Gasteiger partial charge in [-0.2, -0.15) is 4.98 Å². The quantitative estimate of drug-likeness (QED) is 0.823. The number of nitrogens with one attached hydrogen (secondary N) is 1. The van der Waals surface area contributed by atoms with Crippen LogP contribution in [-0.4, -0.2) is 38.9 Å². The van der Waals surface area contributed by atoms with Crippen molar-refractivity contribution >= 4 is 11.8 Å². The average molecular weight is 252 g/mol. The highest BCUT2D eigenvalue weighted by Gasteiger charge is 2.39. The molecular weight excluding hydrogens is 236 g/mol. The van der Waals surface area contributed by atoms with Crippen LogP contribution in [0.1, 0.15) is 32.5 Å². The Hall–Kier alpha value is -1.92. The molecule has 7 nitrogen and oxygen atoms in total. The monoisotopic (exact) mass is 252 g/mol. The Labute approximate surface area is 105 Å². The zero-order valence-electron chi connectivity index (χ0n) is 10.5. The second-order valence-electron chi connectivity index (χ2n) is 4.56. The second kappa shape index (κ2) is 4.75. The molecule has 1 N–H and O–H groups in total. The molecule has 2 heterocycles. The van der Waals surface area contributed by atoms with Crippen molar-refractivity contribution in [2.24, 2.45) is 0 Å². The van der Waals surface area contributed by atoms with Crippen LogP contribution in [0.3, 0.4) is 0 Å². The molecule has 0 bridgehead atoms. The van der Waals surface area contributed by atoms with Crippen LogP contribution in [0.4, 0.5) is 0 Å². The predicted molar refractivity (Wildman–Crippen MR) is 61.2 cm³/mol. The van der Waals surface area contributed by atoms with E-state index in [0.29, 0.717) is 25.2 Å². The lowest BCUT2D eigenvalue weighted by Gasteiger charge is -2.30. The first kappa shape index (κ1) is 12.5. The van der Waals surface area contributed by atoms with Gasteiger partial charge in [-0.05, 0) is 13.3 Å². The molecule has 1 aliphatic heterocycles. The number of amides is 2. The van der Waals surface area contributed by atoms with Crippen LogP contribution in [-0.2, 0) is 16.1 Å². The van der Waals surface area contributed by atoms with Crippen molar-refractivity contribution in [3.8, 4) is 0 Å². The third-order valence-corrected chi connectivity index (χ3v) is 3.23. The van der Waals surface area contributed by atoms with Crippen LogP contribution in [0.25, 0.3) is 0 Å². The minimum atomic E-state index is -0.850. The van der Waals surface area contributed by atoms with Crippen molar-refractivity contribution in [3.63, 3.8) is 0 Å². The summed E-state index contributed by atoms with van der Waals surface area (Å²) in [5, 5.41) is 6.45. The molecule has 0 radical (unpaired) electrons. The molecule has 1 aromatic rings. The van der Waals surface area contributed by atoms with Gasteiger partial charge in [0.05, 0.1) is 6.54 Å². The molecule has 98 valence electrons. The van der Waals surface area contributed by atoms with E-state index in [1.807, 2.05) is 6.92 Å². The third-order valence-electron chi connectivity index (χ3n) is 3.23. The van der Waals surface area contributed by atoms with Gasteiger partial charge in [0.25, 0.3) is 0 Å². The molecule has 1 fully saturated rings. The van der Waals surface area contributed by atoms with Crippen molar-refractivity contribution in [2.45, 2.75) is 38.8 Å². The van der Waals surface area contributed by atoms with Gasteiger partial charge in [0.1, 0.15) is 5.54 Å². The fraction of sp³-hybridized carbons (Fsp3) is 0.636. The smallest absolute Gasteiger partial charge is 0.248 e. The van der Waals surface area contributed by atoms with Gasteiger partial charge in [0.2, 0.25) is 18.2 Å². The summed E-state index contributed by atoms with van der Waals surface area (Å²) in [5.41, 5.74) is -0.850. The molecule has 1 aliphatic rings. The van der Waals surface area contributed by atoms with Gasteiger partial charge in [-0.15, -0.1) is 0 Å². The average Bonchev–Trinajstić information content (AvgIpc) is 2.82. The van der Waals surface area contributed by atoms with Gasteiger partial charge in [0.15, 0.2) is 5.82 Å². The first-order chi connectivity index (χ1) is 8.55. The Morgan fingerprint density at radius 2 is 2.33 bits per heavy atom. The molecule has 1 atom stereocenters. The molecule has 1 aromatic heterocycles. The number of carbonyl (C=O) groups excluding carboxylic acids is 2. The highest BCUT2D eigenvalue weighted by molar-refractivity contribution is 5.93. The molecule has 0 saturated carbocycles. The molecular formula is C11H16N4O3. The summed E-state index contributed by atoms with van der Waals surface area (Å²) in [6, 6.07) is 0. The Kier molecular flexibility index (Phi) is 3.31. The van der Waals surface area contributed by atoms with Gasteiger partial charge in [-0.3, -0.25) is 9.59 Å². The lowest BCUT2D eigenvalue weighted by Crippen LogP contribution is -2.54. The van der Waals surface area contributed by atoms with E-state index in [4.69, 9.17) is 0 Å².